The van der Waals surface area contributed by atoms with Crippen molar-refractivity contribution >= 4 is 0 Å². The van der Waals surface area contributed by atoms with Gasteiger partial charge in [0.05, 0.1) is 31.3 Å². The zero-order valence-electron chi connectivity index (χ0n) is 8.61. The summed E-state index contributed by atoms with van der Waals surface area (Å²) in [5.74, 6) is -0.765. The van der Waals surface area contributed by atoms with Gasteiger partial charge in [-0.2, -0.15) is 0 Å². The first-order valence-corrected chi connectivity index (χ1v) is 4.90. The van der Waals surface area contributed by atoms with Gasteiger partial charge < -0.3 is 29.9 Å². The third-order valence-corrected chi connectivity index (χ3v) is 2.76. The van der Waals surface area contributed by atoms with Gasteiger partial charge in [0.2, 0.25) is 0 Å². The Balaban J connectivity index is 2.74. The summed E-state index contributed by atoms with van der Waals surface area (Å²) in [6.45, 7) is -0.683. The van der Waals surface area contributed by atoms with Gasteiger partial charge in [-0.05, 0) is 0 Å². The topological polar surface area (TPSA) is 99.4 Å². The Morgan fingerprint density at radius 2 is 1.93 bits per heavy atom. The largest absolute Gasteiger partial charge is 0.396 e. The molecule has 0 spiro atoms. The van der Waals surface area contributed by atoms with Gasteiger partial charge in [0.25, 0.3) is 0 Å². The van der Waals surface area contributed by atoms with Crippen molar-refractivity contribution in [3.63, 3.8) is 0 Å². The number of ether oxygens (including phenoxy) is 2. The van der Waals surface area contributed by atoms with Crippen molar-refractivity contribution in [2.75, 3.05) is 20.3 Å². The molecule has 0 amide bonds. The van der Waals surface area contributed by atoms with Crippen molar-refractivity contribution in [1.82, 2.24) is 0 Å². The van der Waals surface area contributed by atoms with Crippen LogP contribution in [0.15, 0.2) is 0 Å². The van der Waals surface area contributed by atoms with Crippen molar-refractivity contribution in [1.29, 1.82) is 0 Å². The predicted molar refractivity (Wildman–Crippen MR) is 50.0 cm³/mol. The molecule has 0 aromatic heterocycles. The first kappa shape index (κ1) is 12.8. The third kappa shape index (κ3) is 2.87. The van der Waals surface area contributed by atoms with Gasteiger partial charge in [0.15, 0.2) is 6.29 Å². The van der Waals surface area contributed by atoms with Crippen LogP contribution < -0.4 is 0 Å². The molecule has 0 aromatic rings. The average molecular weight is 222 g/mol. The molecular formula is C9H18O6. The van der Waals surface area contributed by atoms with Crippen LogP contribution in [0.5, 0.6) is 0 Å². The maximum absolute atomic E-state index is 9.67. The minimum atomic E-state index is -1.29. The van der Waals surface area contributed by atoms with Crippen LogP contribution in [0, 0.1) is 5.92 Å². The lowest BCUT2D eigenvalue weighted by Gasteiger charge is -2.23. The van der Waals surface area contributed by atoms with Crippen molar-refractivity contribution in [2.45, 2.75) is 31.0 Å². The Morgan fingerprint density at radius 3 is 2.40 bits per heavy atom. The minimum absolute atomic E-state index is 0.212. The van der Waals surface area contributed by atoms with Gasteiger partial charge in [-0.3, -0.25) is 0 Å². The highest BCUT2D eigenvalue weighted by Gasteiger charge is 2.38. The number of hydrogen-bond acceptors (Lipinski definition) is 6. The van der Waals surface area contributed by atoms with Crippen molar-refractivity contribution in [3.05, 3.63) is 0 Å². The van der Waals surface area contributed by atoms with E-state index in [4.69, 9.17) is 19.7 Å². The lowest BCUT2D eigenvalue weighted by Crippen LogP contribution is -2.36. The summed E-state index contributed by atoms with van der Waals surface area (Å²) in [6.07, 6.45) is -3.16. The Bertz CT molecular complexity index is 169. The molecule has 5 atom stereocenters. The zero-order chi connectivity index (χ0) is 11.4. The maximum Gasteiger partial charge on any atom is 0.162 e. The van der Waals surface area contributed by atoms with E-state index in [-0.39, 0.29) is 19.6 Å². The first-order chi connectivity index (χ1) is 7.13. The van der Waals surface area contributed by atoms with E-state index in [1.807, 2.05) is 0 Å². The van der Waals surface area contributed by atoms with Crippen LogP contribution >= 0.6 is 0 Å². The molecule has 1 saturated heterocycles. The zero-order valence-corrected chi connectivity index (χ0v) is 8.61. The van der Waals surface area contributed by atoms with E-state index in [1.54, 1.807) is 0 Å². The van der Waals surface area contributed by atoms with E-state index in [1.165, 1.54) is 7.11 Å². The number of rotatable bonds is 3. The fraction of sp³-hybridized carbons (Fsp3) is 1.00. The quantitative estimate of drug-likeness (QED) is 0.444. The van der Waals surface area contributed by atoms with E-state index < -0.39 is 30.5 Å². The summed E-state index contributed by atoms with van der Waals surface area (Å²) in [5.41, 5.74) is 0. The van der Waals surface area contributed by atoms with Gasteiger partial charge in [-0.15, -0.1) is 0 Å². The minimum Gasteiger partial charge on any atom is -0.396 e. The monoisotopic (exact) mass is 222 g/mol. The summed E-state index contributed by atoms with van der Waals surface area (Å²) >= 11 is 0. The molecule has 0 aromatic carbocycles. The molecule has 15 heavy (non-hydrogen) atoms. The lowest BCUT2D eigenvalue weighted by molar-refractivity contribution is -0.197. The first-order valence-electron chi connectivity index (χ1n) is 4.90. The molecule has 0 bridgehead atoms. The van der Waals surface area contributed by atoms with Crippen molar-refractivity contribution in [2.24, 2.45) is 5.92 Å². The summed E-state index contributed by atoms with van der Waals surface area (Å²) in [6, 6.07) is 0. The Labute approximate surface area is 88.1 Å². The second-order valence-corrected chi connectivity index (χ2v) is 3.67. The van der Waals surface area contributed by atoms with E-state index in [9.17, 15) is 10.2 Å². The van der Waals surface area contributed by atoms with Gasteiger partial charge in [0.1, 0.15) is 6.10 Å². The molecule has 6 nitrogen and oxygen atoms in total. The molecule has 4 N–H and O–H groups in total. The fourth-order valence-electron chi connectivity index (χ4n) is 1.74. The highest BCUT2D eigenvalue weighted by molar-refractivity contribution is 4.83. The molecule has 1 rings (SSSR count). The highest BCUT2D eigenvalue weighted by atomic mass is 16.6. The second-order valence-electron chi connectivity index (χ2n) is 3.67. The number of hydrogen-bond donors (Lipinski definition) is 4. The SMILES string of the molecule is CO[C@H]1C[C@@H](O)[C@@H](CO)[C@@H](O)O[C@H]1CO. The van der Waals surface area contributed by atoms with E-state index in [0.29, 0.717) is 0 Å². The van der Waals surface area contributed by atoms with Gasteiger partial charge in [-0.25, -0.2) is 0 Å². The standard InChI is InChI=1S/C9H18O6/c1-14-7-2-6(12)5(3-10)9(13)15-8(7)4-11/h5-13H,2-4H2,1H3/t5-,6-,7+,8+,9+/m1/s1. The molecule has 0 aliphatic carbocycles. The number of methoxy groups -OCH3 is 1. The van der Waals surface area contributed by atoms with E-state index in [0.717, 1.165) is 0 Å². The molecule has 1 heterocycles. The Kier molecular flexibility index (Phi) is 4.91. The fourth-order valence-corrected chi connectivity index (χ4v) is 1.74. The molecule has 0 radical (unpaired) electrons. The smallest absolute Gasteiger partial charge is 0.162 e. The van der Waals surface area contributed by atoms with Gasteiger partial charge >= 0.3 is 0 Å². The molecule has 0 saturated carbocycles. The van der Waals surface area contributed by atoms with Gasteiger partial charge in [0, 0.05) is 13.5 Å². The van der Waals surface area contributed by atoms with Gasteiger partial charge in [-0.1, -0.05) is 0 Å². The molecule has 90 valence electrons. The van der Waals surface area contributed by atoms with Crippen LogP contribution in [0.3, 0.4) is 0 Å². The number of aliphatic hydroxyl groups is 4. The van der Waals surface area contributed by atoms with E-state index >= 15 is 0 Å². The third-order valence-electron chi connectivity index (χ3n) is 2.76. The van der Waals surface area contributed by atoms with Crippen molar-refractivity contribution in [3.8, 4) is 0 Å². The van der Waals surface area contributed by atoms with Crippen LogP contribution in [0.4, 0.5) is 0 Å². The average Bonchev–Trinajstić information content (AvgIpc) is 2.34. The molecule has 0 unspecified atom stereocenters. The maximum atomic E-state index is 9.67. The normalized spacial score (nSPS) is 42.6. The molecule has 1 aliphatic heterocycles. The summed E-state index contributed by atoms with van der Waals surface area (Å²) in [5, 5.41) is 37.2. The van der Waals surface area contributed by atoms with Crippen LogP contribution in [0.1, 0.15) is 6.42 Å². The molecular weight excluding hydrogens is 204 g/mol. The summed E-state index contributed by atoms with van der Waals surface area (Å²) in [7, 11) is 1.44. The Morgan fingerprint density at radius 1 is 1.27 bits per heavy atom. The number of aliphatic hydroxyl groups excluding tert-OH is 4. The van der Waals surface area contributed by atoms with Crippen LogP contribution in [-0.2, 0) is 9.47 Å². The van der Waals surface area contributed by atoms with Crippen LogP contribution in [-0.4, -0.2) is 65.4 Å². The van der Waals surface area contributed by atoms with Crippen LogP contribution in [0.25, 0.3) is 0 Å². The highest BCUT2D eigenvalue weighted by Crippen LogP contribution is 2.24. The second kappa shape index (κ2) is 5.74. The van der Waals surface area contributed by atoms with Crippen LogP contribution in [0.2, 0.25) is 0 Å². The van der Waals surface area contributed by atoms with Crippen molar-refractivity contribution < 1.29 is 29.9 Å². The van der Waals surface area contributed by atoms with E-state index in [2.05, 4.69) is 0 Å². The molecule has 1 fully saturated rings. The summed E-state index contributed by atoms with van der Waals surface area (Å²) < 4.78 is 10.1. The lowest BCUT2D eigenvalue weighted by atomic mass is 9.98. The molecule has 1 aliphatic rings. The Hall–Kier alpha value is -0.240. The predicted octanol–water partition coefficient (Wildman–Crippen LogP) is -1.93. The molecule has 6 heteroatoms. The summed E-state index contributed by atoms with van der Waals surface area (Å²) in [4.78, 5) is 0.